The number of pyridine rings is 1. The lowest BCUT2D eigenvalue weighted by Crippen LogP contribution is -2.36. The molecule has 0 bridgehead atoms. The molecule has 2 aromatic rings. The van der Waals surface area contributed by atoms with Gasteiger partial charge in [-0.15, -0.1) is 0 Å². The molecule has 0 radical (unpaired) electrons. The Bertz CT molecular complexity index is 869. The van der Waals surface area contributed by atoms with Gasteiger partial charge < -0.3 is 20.6 Å². The summed E-state index contributed by atoms with van der Waals surface area (Å²) < 4.78 is 0. The molecule has 0 aliphatic carbocycles. The molecular formula is C19H24N6O4. The Morgan fingerprint density at radius 3 is 2.55 bits per heavy atom. The van der Waals surface area contributed by atoms with Gasteiger partial charge in [0.2, 0.25) is 0 Å². The van der Waals surface area contributed by atoms with Crippen LogP contribution in [0.15, 0.2) is 24.4 Å². The molecule has 3 rings (SSSR count). The van der Waals surface area contributed by atoms with Gasteiger partial charge in [-0.25, -0.2) is 15.0 Å². The second kappa shape index (κ2) is 10.1. The zero-order valence-corrected chi connectivity index (χ0v) is 16.4. The number of anilines is 1. The predicted octanol–water partition coefficient (Wildman–Crippen LogP) is 0.641. The molecule has 154 valence electrons. The van der Waals surface area contributed by atoms with E-state index in [1.54, 1.807) is 36.2 Å². The van der Waals surface area contributed by atoms with E-state index in [4.69, 9.17) is 15.6 Å². The highest BCUT2D eigenvalue weighted by molar-refractivity contribution is 5.97. The molecule has 0 atom stereocenters. The van der Waals surface area contributed by atoms with Gasteiger partial charge in [0.15, 0.2) is 0 Å². The number of nitrogens with zero attached hydrogens (tertiary/aromatic N) is 5. The lowest BCUT2D eigenvalue weighted by atomic mass is 10.2. The van der Waals surface area contributed by atoms with Crippen LogP contribution in [-0.4, -0.2) is 69.4 Å². The first-order valence-corrected chi connectivity index (χ1v) is 9.06. The van der Waals surface area contributed by atoms with Crippen molar-refractivity contribution < 1.29 is 19.5 Å². The van der Waals surface area contributed by atoms with Gasteiger partial charge in [-0.2, -0.15) is 0 Å². The smallest absolute Gasteiger partial charge is 0.290 e. The van der Waals surface area contributed by atoms with Crippen LogP contribution in [0, 0.1) is 13.8 Å². The van der Waals surface area contributed by atoms with E-state index in [0.29, 0.717) is 49.1 Å². The second-order valence-electron chi connectivity index (χ2n) is 6.42. The first-order chi connectivity index (χ1) is 13.9. The van der Waals surface area contributed by atoms with Gasteiger partial charge in [0, 0.05) is 38.1 Å². The maximum Gasteiger partial charge on any atom is 0.290 e. The molecule has 10 nitrogen and oxygen atoms in total. The summed E-state index contributed by atoms with van der Waals surface area (Å²) in [7, 11) is 0. The first-order valence-electron chi connectivity index (χ1n) is 9.06. The van der Waals surface area contributed by atoms with Crippen LogP contribution >= 0.6 is 0 Å². The largest absolute Gasteiger partial charge is 0.483 e. The maximum absolute atomic E-state index is 12.8. The van der Waals surface area contributed by atoms with E-state index in [1.165, 1.54) is 0 Å². The van der Waals surface area contributed by atoms with Crippen LogP contribution in [0.4, 0.5) is 5.82 Å². The summed E-state index contributed by atoms with van der Waals surface area (Å²) >= 11 is 0. The fourth-order valence-electron chi connectivity index (χ4n) is 3.16. The summed E-state index contributed by atoms with van der Waals surface area (Å²) in [4.78, 5) is 49.4. The number of carbonyl (C=O) groups excluding carboxylic acids is 2. The Hall–Kier alpha value is -3.56. The highest BCUT2D eigenvalue weighted by Gasteiger charge is 2.24. The van der Waals surface area contributed by atoms with Crippen molar-refractivity contribution in [3.8, 4) is 0 Å². The minimum atomic E-state index is -0.503. The van der Waals surface area contributed by atoms with Gasteiger partial charge in [0.05, 0.1) is 5.56 Å². The molecule has 2 amide bonds. The summed E-state index contributed by atoms with van der Waals surface area (Å²) in [5.74, 6) is 0.557. The Morgan fingerprint density at radius 1 is 1.17 bits per heavy atom. The Kier molecular flexibility index (Phi) is 7.58. The van der Waals surface area contributed by atoms with E-state index in [2.05, 4.69) is 15.0 Å². The third kappa shape index (κ3) is 5.71. The summed E-state index contributed by atoms with van der Waals surface area (Å²) in [5, 5.41) is 6.89. The van der Waals surface area contributed by atoms with Crippen LogP contribution < -0.4 is 10.6 Å². The van der Waals surface area contributed by atoms with E-state index in [-0.39, 0.29) is 12.4 Å². The number of carboxylic acid groups (broad SMARTS) is 1. The SMILES string of the molecule is Cc1cc(C(=O)N2CCCN(c3ncccc3C(N)=O)CC2)nc(C)n1.O=CO. The van der Waals surface area contributed by atoms with Gasteiger partial charge in [0.25, 0.3) is 18.3 Å². The molecule has 1 saturated heterocycles. The van der Waals surface area contributed by atoms with Crippen LogP contribution in [0.2, 0.25) is 0 Å². The molecule has 0 aromatic carbocycles. The van der Waals surface area contributed by atoms with Crippen molar-refractivity contribution in [2.45, 2.75) is 20.3 Å². The van der Waals surface area contributed by atoms with E-state index in [9.17, 15) is 9.59 Å². The number of hydrogen-bond acceptors (Lipinski definition) is 7. The summed E-state index contributed by atoms with van der Waals surface area (Å²) in [6.07, 6.45) is 2.41. The minimum Gasteiger partial charge on any atom is -0.483 e. The Labute approximate surface area is 168 Å². The molecule has 1 aliphatic heterocycles. The number of hydrogen-bond donors (Lipinski definition) is 2. The molecule has 1 fully saturated rings. The van der Waals surface area contributed by atoms with Crippen LogP contribution in [0.3, 0.4) is 0 Å². The van der Waals surface area contributed by atoms with E-state index < -0.39 is 5.91 Å². The zero-order chi connectivity index (χ0) is 21.4. The number of rotatable bonds is 3. The Balaban J connectivity index is 0.000000941. The minimum absolute atomic E-state index is 0.100. The Morgan fingerprint density at radius 2 is 1.90 bits per heavy atom. The molecule has 2 aromatic heterocycles. The highest BCUT2D eigenvalue weighted by Crippen LogP contribution is 2.19. The number of primary amides is 1. The van der Waals surface area contributed by atoms with Gasteiger partial charge in [-0.05, 0) is 38.5 Å². The quantitative estimate of drug-likeness (QED) is 0.715. The predicted molar refractivity (Wildman–Crippen MR) is 106 cm³/mol. The third-order valence-corrected chi connectivity index (χ3v) is 4.32. The van der Waals surface area contributed by atoms with E-state index >= 15 is 0 Å². The van der Waals surface area contributed by atoms with Crippen LogP contribution in [0.1, 0.15) is 38.8 Å². The monoisotopic (exact) mass is 400 g/mol. The fraction of sp³-hybridized carbons (Fsp3) is 0.368. The summed E-state index contributed by atoms with van der Waals surface area (Å²) in [6, 6.07) is 5.07. The lowest BCUT2D eigenvalue weighted by Gasteiger charge is -2.24. The zero-order valence-electron chi connectivity index (χ0n) is 16.4. The van der Waals surface area contributed by atoms with Crippen molar-refractivity contribution in [3.05, 3.63) is 47.2 Å². The molecule has 0 unspecified atom stereocenters. The second-order valence-corrected chi connectivity index (χ2v) is 6.42. The normalized spacial score (nSPS) is 13.7. The van der Waals surface area contributed by atoms with Gasteiger partial charge >= 0.3 is 0 Å². The lowest BCUT2D eigenvalue weighted by molar-refractivity contribution is -0.122. The van der Waals surface area contributed by atoms with Gasteiger partial charge in [-0.1, -0.05) is 0 Å². The highest BCUT2D eigenvalue weighted by atomic mass is 16.3. The van der Waals surface area contributed by atoms with Crippen molar-refractivity contribution in [1.82, 2.24) is 19.9 Å². The van der Waals surface area contributed by atoms with Crippen LogP contribution in [0.5, 0.6) is 0 Å². The number of aryl methyl sites for hydroxylation is 2. The molecular weight excluding hydrogens is 376 g/mol. The first kappa shape index (κ1) is 21.7. The van der Waals surface area contributed by atoms with Crippen LogP contribution in [0.25, 0.3) is 0 Å². The maximum atomic E-state index is 12.8. The number of aromatic nitrogens is 3. The number of carbonyl (C=O) groups is 3. The third-order valence-electron chi connectivity index (χ3n) is 4.32. The molecule has 10 heteroatoms. The van der Waals surface area contributed by atoms with Crippen molar-refractivity contribution >= 4 is 24.1 Å². The topological polar surface area (TPSA) is 143 Å². The molecule has 0 spiro atoms. The number of amides is 2. The average Bonchev–Trinajstić information content (AvgIpc) is 2.93. The van der Waals surface area contributed by atoms with Crippen LogP contribution in [-0.2, 0) is 4.79 Å². The molecule has 3 heterocycles. The van der Waals surface area contributed by atoms with Gasteiger partial charge in [-0.3, -0.25) is 14.4 Å². The number of nitrogens with two attached hydrogens (primary N) is 1. The summed E-state index contributed by atoms with van der Waals surface area (Å²) in [6.45, 7) is 5.79. The molecule has 3 N–H and O–H groups in total. The fourth-order valence-corrected chi connectivity index (χ4v) is 3.16. The van der Waals surface area contributed by atoms with E-state index in [1.807, 2.05) is 11.8 Å². The molecule has 29 heavy (non-hydrogen) atoms. The summed E-state index contributed by atoms with van der Waals surface area (Å²) in [5.41, 5.74) is 7.04. The average molecular weight is 400 g/mol. The van der Waals surface area contributed by atoms with Gasteiger partial charge in [0.1, 0.15) is 17.3 Å². The molecule has 1 aliphatic rings. The van der Waals surface area contributed by atoms with Crippen molar-refractivity contribution in [3.63, 3.8) is 0 Å². The standard InChI is InChI=1S/C18H22N6O2.CH2O2/c1-12-11-15(22-13(2)21-12)18(26)24-8-4-7-23(9-10-24)17-14(16(19)25)5-3-6-20-17;2-1-3/h3,5-6,11H,4,7-10H2,1-2H3,(H2,19,25);1H,(H,2,3). The van der Waals surface area contributed by atoms with E-state index in [0.717, 1.165) is 12.1 Å². The molecule has 0 saturated carbocycles. The van der Waals surface area contributed by atoms with Crippen molar-refractivity contribution in [2.75, 3.05) is 31.1 Å². The van der Waals surface area contributed by atoms with Crippen molar-refractivity contribution in [2.24, 2.45) is 5.73 Å². The van der Waals surface area contributed by atoms with Crippen molar-refractivity contribution in [1.29, 1.82) is 0 Å².